The summed E-state index contributed by atoms with van der Waals surface area (Å²) in [5, 5.41) is 14.1. The molecule has 3 aromatic rings. The molecule has 0 bridgehead atoms. The number of para-hydroxylation sites is 1. The van der Waals surface area contributed by atoms with Crippen LogP contribution in [0.1, 0.15) is 11.1 Å². The van der Waals surface area contributed by atoms with E-state index in [1.165, 1.54) is 12.1 Å². The fourth-order valence-corrected chi connectivity index (χ4v) is 2.45. The molecule has 0 fully saturated rings. The third-order valence-electron chi connectivity index (χ3n) is 3.75. The third kappa shape index (κ3) is 4.57. The molecule has 126 valence electrons. The Morgan fingerprint density at radius 3 is 2.48 bits per heavy atom. The summed E-state index contributed by atoms with van der Waals surface area (Å²) in [6.45, 7) is 1.01. The average Bonchev–Trinajstić information content (AvgIpc) is 2.66. The molecule has 0 aliphatic heterocycles. The van der Waals surface area contributed by atoms with Gasteiger partial charge in [0.25, 0.3) is 5.69 Å². The lowest BCUT2D eigenvalue weighted by molar-refractivity contribution is -0.384. The van der Waals surface area contributed by atoms with E-state index in [0.717, 1.165) is 16.9 Å². The van der Waals surface area contributed by atoms with Gasteiger partial charge in [-0.05, 0) is 17.7 Å². The molecular formula is C20H18N2O3. The average molecular weight is 334 g/mol. The van der Waals surface area contributed by atoms with Gasteiger partial charge < -0.3 is 10.1 Å². The lowest BCUT2D eigenvalue weighted by Gasteiger charge is -2.13. The van der Waals surface area contributed by atoms with Crippen molar-refractivity contribution in [3.05, 3.63) is 100 Å². The van der Waals surface area contributed by atoms with Crippen molar-refractivity contribution in [2.24, 2.45) is 0 Å². The minimum Gasteiger partial charge on any atom is -0.489 e. The number of hydrogen-bond donors (Lipinski definition) is 1. The molecule has 0 saturated carbocycles. The van der Waals surface area contributed by atoms with Gasteiger partial charge in [-0.15, -0.1) is 0 Å². The van der Waals surface area contributed by atoms with E-state index in [0.29, 0.717) is 18.8 Å². The van der Waals surface area contributed by atoms with Crippen LogP contribution in [0.2, 0.25) is 0 Å². The first-order valence-corrected chi connectivity index (χ1v) is 7.95. The molecular weight excluding hydrogens is 316 g/mol. The van der Waals surface area contributed by atoms with Gasteiger partial charge in [0.05, 0.1) is 4.92 Å². The van der Waals surface area contributed by atoms with E-state index in [-0.39, 0.29) is 5.69 Å². The predicted octanol–water partition coefficient (Wildman–Crippen LogP) is 4.79. The molecule has 3 rings (SSSR count). The van der Waals surface area contributed by atoms with Crippen LogP contribution < -0.4 is 10.1 Å². The van der Waals surface area contributed by atoms with Gasteiger partial charge in [0.15, 0.2) is 0 Å². The largest absolute Gasteiger partial charge is 0.489 e. The quantitative estimate of drug-likeness (QED) is 0.498. The summed E-state index contributed by atoms with van der Waals surface area (Å²) in [5.74, 6) is 0.796. The molecule has 0 aliphatic carbocycles. The minimum atomic E-state index is -0.401. The standard InChI is InChI=1S/C20H18N2O3/c23-22(24)19-11-6-10-18(13-19)21-14-17-9-4-5-12-20(17)25-15-16-7-2-1-3-8-16/h1-13,21H,14-15H2. The van der Waals surface area contributed by atoms with Gasteiger partial charge in [-0.1, -0.05) is 54.6 Å². The van der Waals surface area contributed by atoms with E-state index in [9.17, 15) is 10.1 Å². The Morgan fingerprint density at radius 2 is 1.68 bits per heavy atom. The number of benzene rings is 3. The van der Waals surface area contributed by atoms with E-state index in [1.807, 2.05) is 54.6 Å². The first-order chi connectivity index (χ1) is 12.2. The maximum atomic E-state index is 10.9. The summed E-state index contributed by atoms with van der Waals surface area (Å²) in [6, 6.07) is 24.2. The summed E-state index contributed by atoms with van der Waals surface area (Å²) in [6.07, 6.45) is 0. The summed E-state index contributed by atoms with van der Waals surface area (Å²) in [4.78, 5) is 10.5. The maximum absolute atomic E-state index is 10.9. The van der Waals surface area contributed by atoms with Crippen molar-refractivity contribution in [2.45, 2.75) is 13.2 Å². The second kappa shape index (κ2) is 7.97. The Balaban J connectivity index is 1.66. The predicted molar refractivity (Wildman–Crippen MR) is 97.6 cm³/mol. The van der Waals surface area contributed by atoms with Crippen LogP contribution in [0.4, 0.5) is 11.4 Å². The molecule has 0 spiro atoms. The lowest BCUT2D eigenvalue weighted by Crippen LogP contribution is -2.04. The van der Waals surface area contributed by atoms with Crippen LogP contribution in [0.3, 0.4) is 0 Å². The molecule has 0 atom stereocenters. The van der Waals surface area contributed by atoms with E-state index in [4.69, 9.17) is 4.74 Å². The molecule has 5 nitrogen and oxygen atoms in total. The normalized spacial score (nSPS) is 10.2. The highest BCUT2D eigenvalue weighted by Crippen LogP contribution is 2.22. The lowest BCUT2D eigenvalue weighted by atomic mass is 10.2. The Bertz CT molecular complexity index is 850. The van der Waals surface area contributed by atoms with Crippen LogP contribution in [0, 0.1) is 10.1 Å². The minimum absolute atomic E-state index is 0.0682. The zero-order valence-corrected chi connectivity index (χ0v) is 13.6. The molecule has 0 heterocycles. The highest BCUT2D eigenvalue weighted by Gasteiger charge is 2.07. The van der Waals surface area contributed by atoms with Gasteiger partial charge in [-0.25, -0.2) is 0 Å². The molecule has 5 heteroatoms. The molecule has 1 N–H and O–H groups in total. The first-order valence-electron chi connectivity index (χ1n) is 7.95. The Hall–Kier alpha value is -3.34. The second-order valence-corrected chi connectivity index (χ2v) is 5.54. The monoisotopic (exact) mass is 334 g/mol. The number of nitro benzene ring substituents is 1. The molecule has 0 unspecified atom stereocenters. The van der Waals surface area contributed by atoms with Crippen molar-refractivity contribution < 1.29 is 9.66 Å². The smallest absolute Gasteiger partial charge is 0.271 e. The summed E-state index contributed by atoms with van der Waals surface area (Å²) in [5.41, 5.74) is 2.86. The van der Waals surface area contributed by atoms with Gasteiger partial charge in [0.1, 0.15) is 12.4 Å². The number of anilines is 1. The van der Waals surface area contributed by atoms with Gasteiger partial charge in [0, 0.05) is 29.9 Å². The highest BCUT2D eigenvalue weighted by molar-refractivity contribution is 5.51. The van der Waals surface area contributed by atoms with Crippen molar-refractivity contribution in [3.63, 3.8) is 0 Å². The number of nitrogens with zero attached hydrogens (tertiary/aromatic N) is 1. The zero-order chi connectivity index (χ0) is 17.5. The summed E-state index contributed by atoms with van der Waals surface area (Å²) >= 11 is 0. The first kappa shape index (κ1) is 16.5. The highest BCUT2D eigenvalue weighted by atomic mass is 16.6. The number of nitrogens with one attached hydrogen (secondary N) is 1. The zero-order valence-electron chi connectivity index (χ0n) is 13.6. The number of nitro groups is 1. The van der Waals surface area contributed by atoms with Gasteiger partial charge in [-0.2, -0.15) is 0 Å². The number of ether oxygens (including phenoxy) is 1. The van der Waals surface area contributed by atoms with Crippen LogP contribution >= 0.6 is 0 Å². The van der Waals surface area contributed by atoms with E-state index >= 15 is 0 Å². The Labute approximate surface area is 146 Å². The Kier molecular flexibility index (Phi) is 5.26. The van der Waals surface area contributed by atoms with E-state index < -0.39 is 4.92 Å². The van der Waals surface area contributed by atoms with Crippen molar-refractivity contribution in [1.29, 1.82) is 0 Å². The maximum Gasteiger partial charge on any atom is 0.271 e. The van der Waals surface area contributed by atoms with Gasteiger partial charge >= 0.3 is 0 Å². The van der Waals surface area contributed by atoms with Crippen LogP contribution in [-0.4, -0.2) is 4.92 Å². The van der Waals surface area contributed by atoms with Crippen molar-refractivity contribution in [1.82, 2.24) is 0 Å². The summed E-state index contributed by atoms with van der Waals surface area (Å²) in [7, 11) is 0. The Morgan fingerprint density at radius 1 is 0.920 bits per heavy atom. The van der Waals surface area contributed by atoms with Crippen LogP contribution in [-0.2, 0) is 13.2 Å². The number of hydrogen-bond acceptors (Lipinski definition) is 4. The van der Waals surface area contributed by atoms with Crippen molar-refractivity contribution in [3.8, 4) is 5.75 Å². The molecule has 0 aromatic heterocycles. The van der Waals surface area contributed by atoms with Gasteiger partial charge in [-0.3, -0.25) is 10.1 Å². The summed E-state index contributed by atoms with van der Waals surface area (Å²) < 4.78 is 5.93. The molecule has 3 aromatic carbocycles. The number of non-ortho nitro benzene ring substituents is 1. The molecule has 0 radical (unpaired) electrons. The van der Waals surface area contributed by atoms with Gasteiger partial charge in [0.2, 0.25) is 0 Å². The van der Waals surface area contributed by atoms with Crippen molar-refractivity contribution >= 4 is 11.4 Å². The van der Waals surface area contributed by atoms with Crippen LogP contribution in [0.15, 0.2) is 78.9 Å². The molecule has 0 amide bonds. The molecule has 0 aliphatic rings. The SMILES string of the molecule is O=[N+]([O-])c1cccc(NCc2ccccc2OCc2ccccc2)c1. The molecule has 25 heavy (non-hydrogen) atoms. The fourth-order valence-electron chi connectivity index (χ4n) is 2.45. The fraction of sp³-hybridized carbons (Fsp3) is 0.100. The van der Waals surface area contributed by atoms with E-state index in [1.54, 1.807) is 12.1 Å². The molecule has 0 saturated heterocycles. The van der Waals surface area contributed by atoms with Crippen molar-refractivity contribution in [2.75, 3.05) is 5.32 Å². The number of rotatable bonds is 7. The van der Waals surface area contributed by atoms with Crippen LogP contribution in [0.25, 0.3) is 0 Å². The topological polar surface area (TPSA) is 64.4 Å². The third-order valence-corrected chi connectivity index (χ3v) is 3.75. The van der Waals surface area contributed by atoms with Crippen LogP contribution in [0.5, 0.6) is 5.75 Å². The second-order valence-electron chi connectivity index (χ2n) is 5.54. The van der Waals surface area contributed by atoms with E-state index in [2.05, 4.69) is 5.32 Å².